The largest absolute Gasteiger partial charge is 0.308 e. The predicted molar refractivity (Wildman–Crippen MR) is 89.7 cm³/mol. The van der Waals surface area contributed by atoms with Crippen molar-refractivity contribution >= 4 is 0 Å². The molecule has 122 valence electrons. The van der Waals surface area contributed by atoms with E-state index < -0.39 is 0 Å². The van der Waals surface area contributed by atoms with E-state index in [4.69, 9.17) is 0 Å². The summed E-state index contributed by atoms with van der Waals surface area (Å²) >= 11 is 0. The molecule has 2 atom stereocenters. The number of hydrogen-bond acceptors (Lipinski definition) is 3. The monoisotopic (exact) mass is 293 g/mol. The van der Waals surface area contributed by atoms with E-state index in [2.05, 4.69) is 35.9 Å². The summed E-state index contributed by atoms with van der Waals surface area (Å²) in [6.07, 6.45) is 8.26. The fourth-order valence-corrected chi connectivity index (χ4v) is 4.62. The Morgan fingerprint density at radius 2 is 1.81 bits per heavy atom. The third kappa shape index (κ3) is 3.46. The molecule has 0 aromatic carbocycles. The van der Waals surface area contributed by atoms with Crippen LogP contribution in [0, 0.1) is 5.92 Å². The minimum absolute atomic E-state index is 0.395. The zero-order chi connectivity index (χ0) is 14.9. The number of piperidine rings is 1. The average Bonchev–Trinajstić information content (AvgIpc) is 3.34. The molecular weight excluding hydrogens is 258 g/mol. The van der Waals surface area contributed by atoms with E-state index in [1.54, 1.807) is 0 Å². The van der Waals surface area contributed by atoms with Gasteiger partial charge in [0.1, 0.15) is 0 Å². The molecule has 1 aliphatic carbocycles. The highest BCUT2D eigenvalue weighted by molar-refractivity contribution is 5.05. The van der Waals surface area contributed by atoms with Crippen LogP contribution in [0.3, 0.4) is 0 Å². The molecule has 0 aromatic heterocycles. The van der Waals surface area contributed by atoms with E-state index in [0.717, 1.165) is 18.0 Å². The van der Waals surface area contributed by atoms with E-state index in [9.17, 15) is 0 Å². The van der Waals surface area contributed by atoms with Crippen molar-refractivity contribution in [1.82, 2.24) is 15.1 Å². The Bertz CT molecular complexity index is 333. The Balaban J connectivity index is 1.61. The van der Waals surface area contributed by atoms with Crippen LogP contribution in [-0.4, -0.2) is 60.1 Å². The molecule has 3 aliphatic rings. The molecule has 2 heterocycles. The summed E-state index contributed by atoms with van der Waals surface area (Å²) < 4.78 is 0. The summed E-state index contributed by atoms with van der Waals surface area (Å²) in [7, 11) is 0. The van der Waals surface area contributed by atoms with Crippen molar-refractivity contribution in [2.24, 2.45) is 5.92 Å². The second kappa shape index (κ2) is 6.55. The molecule has 0 amide bonds. The van der Waals surface area contributed by atoms with Gasteiger partial charge in [-0.15, -0.1) is 0 Å². The van der Waals surface area contributed by atoms with Gasteiger partial charge in [-0.25, -0.2) is 0 Å². The van der Waals surface area contributed by atoms with Crippen molar-refractivity contribution in [3.8, 4) is 0 Å². The van der Waals surface area contributed by atoms with E-state index in [0.29, 0.717) is 5.54 Å². The second-order valence-corrected chi connectivity index (χ2v) is 7.88. The first-order valence-corrected chi connectivity index (χ1v) is 9.39. The zero-order valence-electron chi connectivity index (χ0n) is 14.4. The number of hydrogen-bond donors (Lipinski definition) is 1. The normalized spacial score (nSPS) is 37.0. The quantitative estimate of drug-likeness (QED) is 0.841. The molecule has 2 aliphatic heterocycles. The SMILES string of the molecule is CCCN1CCC(N2CC(C)(C3CC3)NCC2CC)CC1. The van der Waals surface area contributed by atoms with Gasteiger partial charge in [0, 0.05) is 30.7 Å². The highest BCUT2D eigenvalue weighted by Gasteiger charge is 2.47. The minimum atomic E-state index is 0.395. The van der Waals surface area contributed by atoms with E-state index in [1.807, 2.05) is 0 Å². The number of nitrogens with zero attached hydrogens (tertiary/aromatic N) is 2. The van der Waals surface area contributed by atoms with Crippen LogP contribution in [0.4, 0.5) is 0 Å². The van der Waals surface area contributed by atoms with Crippen LogP contribution in [0.1, 0.15) is 59.3 Å². The molecule has 2 saturated heterocycles. The number of nitrogens with one attached hydrogen (secondary N) is 1. The van der Waals surface area contributed by atoms with E-state index in [1.165, 1.54) is 71.2 Å². The second-order valence-electron chi connectivity index (χ2n) is 7.88. The molecule has 3 rings (SSSR count). The zero-order valence-corrected chi connectivity index (χ0v) is 14.4. The standard InChI is InChI=1S/C18H35N3/c1-4-10-20-11-8-17(9-12-20)21-14-18(3,15-6-7-15)19-13-16(21)5-2/h15-17,19H,4-14H2,1-3H3. The van der Waals surface area contributed by atoms with Crippen LogP contribution in [0.15, 0.2) is 0 Å². The van der Waals surface area contributed by atoms with E-state index >= 15 is 0 Å². The maximum Gasteiger partial charge on any atom is 0.0309 e. The fraction of sp³-hybridized carbons (Fsp3) is 1.00. The van der Waals surface area contributed by atoms with Gasteiger partial charge in [-0.2, -0.15) is 0 Å². The van der Waals surface area contributed by atoms with Gasteiger partial charge in [0.05, 0.1) is 0 Å². The molecule has 2 unspecified atom stereocenters. The minimum Gasteiger partial charge on any atom is -0.308 e. The van der Waals surface area contributed by atoms with Crippen molar-refractivity contribution in [3.63, 3.8) is 0 Å². The van der Waals surface area contributed by atoms with E-state index in [-0.39, 0.29) is 0 Å². The molecule has 0 bridgehead atoms. The van der Waals surface area contributed by atoms with Crippen molar-refractivity contribution < 1.29 is 0 Å². The third-order valence-electron chi connectivity index (χ3n) is 6.24. The molecule has 1 N–H and O–H groups in total. The highest BCUT2D eigenvalue weighted by Crippen LogP contribution is 2.42. The van der Waals surface area contributed by atoms with Gasteiger partial charge in [0.2, 0.25) is 0 Å². The summed E-state index contributed by atoms with van der Waals surface area (Å²) in [5.41, 5.74) is 0.395. The Labute approximate surface area is 131 Å². The summed E-state index contributed by atoms with van der Waals surface area (Å²) in [5.74, 6) is 0.943. The van der Waals surface area contributed by atoms with Crippen LogP contribution in [-0.2, 0) is 0 Å². The molecule has 0 aromatic rings. The van der Waals surface area contributed by atoms with Gasteiger partial charge >= 0.3 is 0 Å². The maximum atomic E-state index is 3.90. The van der Waals surface area contributed by atoms with Crippen molar-refractivity contribution in [2.45, 2.75) is 76.9 Å². The van der Waals surface area contributed by atoms with Gasteiger partial charge in [-0.3, -0.25) is 4.90 Å². The molecule has 3 nitrogen and oxygen atoms in total. The Kier molecular flexibility index (Phi) is 4.92. The molecule has 0 radical (unpaired) electrons. The first kappa shape index (κ1) is 15.8. The maximum absolute atomic E-state index is 3.90. The Morgan fingerprint density at radius 1 is 1.10 bits per heavy atom. The average molecular weight is 293 g/mol. The molecule has 1 saturated carbocycles. The van der Waals surface area contributed by atoms with Crippen LogP contribution in [0.25, 0.3) is 0 Å². The predicted octanol–water partition coefficient (Wildman–Crippen LogP) is 2.71. The lowest BCUT2D eigenvalue weighted by molar-refractivity contribution is 0.0108. The molecule has 21 heavy (non-hydrogen) atoms. The Hall–Kier alpha value is -0.120. The molecule has 0 spiro atoms. The fourth-order valence-electron chi connectivity index (χ4n) is 4.62. The van der Waals surface area contributed by atoms with Gasteiger partial charge < -0.3 is 10.2 Å². The van der Waals surface area contributed by atoms with Crippen molar-refractivity contribution in [2.75, 3.05) is 32.7 Å². The van der Waals surface area contributed by atoms with Crippen LogP contribution in [0.2, 0.25) is 0 Å². The third-order valence-corrected chi connectivity index (χ3v) is 6.24. The number of piperazine rings is 1. The first-order chi connectivity index (χ1) is 10.2. The summed E-state index contributed by atoms with van der Waals surface area (Å²) in [6.45, 7) is 13.6. The van der Waals surface area contributed by atoms with Crippen molar-refractivity contribution in [3.05, 3.63) is 0 Å². The number of likely N-dealkylation sites (tertiary alicyclic amines) is 1. The van der Waals surface area contributed by atoms with Gasteiger partial charge in [-0.05, 0) is 71.0 Å². The molecule has 3 heteroatoms. The summed E-state index contributed by atoms with van der Waals surface area (Å²) in [4.78, 5) is 5.57. The number of rotatable bonds is 5. The lowest BCUT2D eigenvalue weighted by Crippen LogP contribution is -2.66. The van der Waals surface area contributed by atoms with Crippen LogP contribution in [0.5, 0.6) is 0 Å². The van der Waals surface area contributed by atoms with Gasteiger partial charge in [0.25, 0.3) is 0 Å². The lowest BCUT2D eigenvalue weighted by atomic mass is 9.87. The van der Waals surface area contributed by atoms with Gasteiger partial charge in [-0.1, -0.05) is 13.8 Å². The Morgan fingerprint density at radius 3 is 2.38 bits per heavy atom. The summed E-state index contributed by atoms with van der Waals surface area (Å²) in [6, 6.07) is 1.60. The van der Waals surface area contributed by atoms with Crippen LogP contribution >= 0.6 is 0 Å². The highest BCUT2D eigenvalue weighted by atomic mass is 15.3. The first-order valence-electron chi connectivity index (χ1n) is 9.39. The molecule has 3 fully saturated rings. The molecular formula is C18H35N3. The summed E-state index contributed by atoms with van der Waals surface area (Å²) in [5, 5.41) is 3.90. The topological polar surface area (TPSA) is 18.5 Å². The lowest BCUT2D eigenvalue weighted by Gasteiger charge is -2.51. The smallest absolute Gasteiger partial charge is 0.0309 e. The van der Waals surface area contributed by atoms with Crippen LogP contribution < -0.4 is 5.32 Å². The van der Waals surface area contributed by atoms with Crippen molar-refractivity contribution in [1.29, 1.82) is 0 Å². The van der Waals surface area contributed by atoms with Gasteiger partial charge in [0.15, 0.2) is 0 Å².